The van der Waals surface area contributed by atoms with Crippen LogP contribution in [0.5, 0.6) is 0 Å². The minimum Gasteiger partial charge on any atom is -0.324 e. The largest absolute Gasteiger partial charge is 0.324 e. The topological polar surface area (TPSA) is 82.0 Å². The van der Waals surface area contributed by atoms with Crippen molar-refractivity contribution >= 4 is 63.8 Å². The summed E-state index contributed by atoms with van der Waals surface area (Å²) in [6, 6.07) is 10.9. The third-order valence-electron chi connectivity index (χ3n) is 3.82. The van der Waals surface area contributed by atoms with E-state index < -0.39 is 0 Å². The second kappa shape index (κ2) is 8.81. The normalized spacial score (nSPS) is 16.6. The number of carbonyl (C=O) groups excluding carboxylic acids is 2. The van der Waals surface area contributed by atoms with Gasteiger partial charge in [0.2, 0.25) is 11.8 Å². The molecule has 3 rings (SSSR count). The molecule has 138 valence electrons. The summed E-state index contributed by atoms with van der Waals surface area (Å²) in [4.78, 5) is 25.3. The molecule has 2 heterocycles. The SMILES string of the molecule is N#CC1=C(SCC(=O)Nc2cccc(Cl)c2Cl)NC(=O)C[C@H]1c1cccs1. The lowest BCUT2D eigenvalue weighted by atomic mass is 9.93. The van der Waals surface area contributed by atoms with Gasteiger partial charge < -0.3 is 10.6 Å². The smallest absolute Gasteiger partial charge is 0.234 e. The molecule has 1 aliphatic rings. The zero-order valence-electron chi connectivity index (χ0n) is 13.8. The summed E-state index contributed by atoms with van der Waals surface area (Å²) in [5.74, 6) is -0.757. The maximum Gasteiger partial charge on any atom is 0.234 e. The van der Waals surface area contributed by atoms with Crippen LogP contribution in [0.25, 0.3) is 0 Å². The monoisotopic (exact) mass is 437 g/mol. The number of benzene rings is 1. The van der Waals surface area contributed by atoms with Gasteiger partial charge in [0.15, 0.2) is 0 Å². The van der Waals surface area contributed by atoms with Crippen molar-refractivity contribution in [2.24, 2.45) is 0 Å². The van der Waals surface area contributed by atoms with E-state index in [1.807, 2.05) is 17.5 Å². The third-order valence-corrected chi connectivity index (χ3v) is 6.64. The molecular formula is C18H13Cl2N3O2S2. The molecule has 0 saturated carbocycles. The first-order chi connectivity index (χ1) is 13.0. The van der Waals surface area contributed by atoms with E-state index in [0.717, 1.165) is 16.6 Å². The lowest BCUT2D eigenvalue weighted by Crippen LogP contribution is -2.31. The zero-order valence-corrected chi connectivity index (χ0v) is 16.9. The first kappa shape index (κ1) is 19.8. The Hall–Kier alpha value is -1.98. The van der Waals surface area contributed by atoms with E-state index in [-0.39, 0.29) is 34.9 Å². The zero-order chi connectivity index (χ0) is 19.4. The number of hydrogen-bond donors (Lipinski definition) is 2. The summed E-state index contributed by atoms with van der Waals surface area (Å²) in [5, 5.41) is 17.9. The highest BCUT2D eigenvalue weighted by Gasteiger charge is 2.30. The van der Waals surface area contributed by atoms with Crippen LogP contribution in [-0.2, 0) is 9.59 Å². The Morgan fingerprint density at radius 2 is 2.19 bits per heavy atom. The van der Waals surface area contributed by atoms with Gasteiger partial charge in [-0.15, -0.1) is 11.3 Å². The molecule has 9 heteroatoms. The summed E-state index contributed by atoms with van der Waals surface area (Å²) >= 11 is 14.6. The molecule has 1 aromatic carbocycles. The quantitative estimate of drug-likeness (QED) is 0.705. The Labute approximate surface area is 174 Å². The highest BCUT2D eigenvalue weighted by molar-refractivity contribution is 8.03. The van der Waals surface area contributed by atoms with E-state index in [2.05, 4.69) is 16.7 Å². The number of amides is 2. The van der Waals surface area contributed by atoms with Crippen LogP contribution in [0.3, 0.4) is 0 Å². The molecule has 0 spiro atoms. The van der Waals surface area contributed by atoms with Gasteiger partial charge in [-0.2, -0.15) is 5.26 Å². The number of nitriles is 1. The maximum atomic E-state index is 12.3. The van der Waals surface area contributed by atoms with E-state index in [4.69, 9.17) is 23.2 Å². The number of hydrogen-bond acceptors (Lipinski definition) is 5. The van der Waals surface area contributed by atoms with E-state index in [9.17, 15) is 14.9 Å². The minimum atomic E-state index is -0.318. The van der Waals surface area contributed by atoms with Gasteiger partial charge in [-0.05, 0) is 23.6 Å². The maximum absolute atomic E-state index is 12.3. The van der Waals surface area contributed by atoms with Crippen LogP contribution in [0.2, 0.25) is 10.0 Å². The lowest BCUT2D eigenvalue weighted by molar-refractivity contribution is -0.121. The van der Waals surface area contributed by atoms with Crippen LogP contribution >= 0.6 is 46.3 Å². The van der Waals surface area contributed by atoms with Crippen LogP contribution in [0.15, 0.2) is 46.3 Å². The van der Waals surface area contributed by atoms with Gasteiger partial charge in [0.05, 0.1) is 38.2 Å². The predicted molar refractivity (Wildman–Crippen MR) is 110 cm³/mol. The minimum absolute atomic E-state index is 0.0147. The summed E-state index contributed by atoms with van der Waals surface area (Å²) in [6.45, 7) is 0. The van der Waals surface area contributed by atoms with Crippen molar-refractivity contribution in [2.75, 3.05) is 11.1 Å². The van der Waals surface area contributed by atoms with Crippen molar-refractivity contribution in [1.29, 1.82) is 5.26 Å². The van der Waals surface area contributed by atoms with Gasteiger partial charge >= 0.3 is 0 Å². The number of rotatable bonds is 5. The van der Waals surface area contributed by atoms with Crippen LogP contribution in [0, 0.1) is 11.3 Å². The molecule has 27 heavy (non-hydrogen) atoms. The average Bonchev–Trinajstić information content (AvgIpc) is 3.18. The third kappa shape index (κ3) is 4.66. The number of carbonyl (C=O) groups is 2. The van der Waals surface area contributed by atoms with Crippen molar-refractivity contribution < 1.29 is 9.59 Å². The molecule has 1 aromatic heterocycles. The first-order valence-electron chi connectivity index (χ1n) is 7.83. The van der Waals surface area contributed by atoms with E-state index in [1.54, 1.807) is 18.2 Å². The standard InChI is InChI=1S/C18H13Cl2N3O2S2/c19-12-3-1-4-13(17(12)20)22-16(25)9-27-18-11(8-21)10(7-15(24)23-18)14-5-2-6-26-14/h1-6,10H,7,9H2,(H,22,25)(H,23,24)/t10-/m1/s1. The van der Waals surface area contributed by atoms with Crippen molar-refractivity contribution in [3.8, 4) is 6.07 Å². The van der Waals surface area contributed by atoms with Crippen LogP contribution < -0.4 is 10.6 Å². The molecule has 0 unspecified atom stereocenters. The fourth-order valence-electron chi connectivity index (χ4n) is 2.59. The molecule has 2 N–H and O–H groups in total. The van der Waals surface area contributed by atoms with Crippen LogP contribution in [-0.4, -0.2) is 17.6 Å². The second-order valence-electron chi connectivity index (χ2n) is 5.61. The summed E-state index contributed by atoms with van der Waals surface area (Å²) in [5.41, 5.74) is 0.879. The van der Waals surface area contributed by atoms with Crippen molar-refractivity contribution in [2.45, 2.75) is 12.3 Å². The number of allylic oxidation sites excluding steroid dienone is 1. The fraction of sp³-hybridized carbons (Fsp3) is 0.167. The Morgan fingerprint density at radius 3 is 2.89 bits per heavy atom. The fourth-order valence-corrected chi connectivity index (χ4v) is 4.65. The Balaban J connectivity index is 1.73. The van der Waals surface area contributed by atoms with E-state index >= 15 is 0 Å². The van der Waals surface area contributed by atoms with Gasteiger partial charge in [-0.3, -0.25) is 9.59 Å². The second-order valence-corrected chi connectivity index (χ2v) is 8.36. The molecule has 0 bridgehead atoms. The van der Waals surface area contributed by atoms with Crippen LogP contribution in [0.4, 0.5) is 5.69 Å². The molecular weight excluding hydrogens is 425 g/mol. The van der Waals surface area contributed by atoms with Crippen molar-refractivity contribution in [3.63, 3.8) is 0 Å². The highest BCUT2D eigenvalue weighted by Crippen LogP contribution is 2.38. The number of thiophene rings is 1. The van der Waals surface area contributed by atoms with Crippen LogP contribution in [0.1, 0.15) is 17.2 Å². The number of nitrogens with zero attached hydrogens (tertiary/aromatic N) is 1. The summed E-state index contributed by atoms with van der Waals surface area (Å²) < 4.78 is 0. The first-order valence-corrected chi connectivity index (χ1v) is 10.5. The molecule has 2 amide bonds. The number of nitrogens with one attached hydrogen (secondary N) is 2. The number of halogens is 2. The van der Waals surface area contributed by atoms with E-state index in [0.29, 0.717) is 21.3 Å². The van der Waals surface area contributed by atoms with Gasteiger partial charge in [-0.25, -0.2) is 0 Å². The van der Waals surface area contributed by atoms with Crippen molar-refractivity contribution in [1.82, 2.24) is 5.32 Å². The van der Waals surface area contributed by atoms with Gasteiger partial charge in [0, 0.05) is 17.2 Å². The predicted octanol–water partition coefficient (Wildman–Crippen LogP) is 4.77. The molecule has 2 aromatic rings. The Morgan fingerprint density at radius 1 is 1.37 bits per heavy atom. The molecule has 5 nitrogen and oxygen atoms in total. The molecule has 0 fully saturated rings. The Kier molecular flexibility index (Phi) is 6.45. The van der Waals surface area contributed by atoms with Gasteiger partial charge in [0.25, 0.3) is 0 Å². The lowest BCUT2D eigenvalue weighted by Gasteiger charge is -2.23. The van der Waals surface area contributed by atoms with Crippen molar-refractivity contribution in [3.05, 3.63) is 61.2 Å². The number of thioether (sulfide) groups is 1. The molecule has 0 radical (unpaired) electrons. The Bertz CT molecular complexity index is 952. The molecule has 0 aliphatic carbocycles. The summed E-state index contributed by atoms with van der Waals surface area (Å²) in [6.07, 6.45) is 0.220. The average molecular weight is 438 g/mol. The molecule has 0 saturated heterocycles. The summed E-state index contributed by atoms with van der Waals surface area (Å²) in [7, 11) is 0. The molecule has 1 atom stereocenters. The van der Waals surface area contributed by atoms with Gasteiger partial charge in [0.1, 0.15) is 0 Å². The van der Waals surface area contributed by atoms with Gasteiger partial charge in [-0.1, -0.05) is 47.1 Å². The highest BCUT2D eigenvalue weighted by atomic mass is 35.5. The number of anilines is 1. The van der Waals surface area contributed by atoms with E-state index in [1.165, 1.54) is 11.3 Å². The molecule has 1 aliphatic heterocycles.